The Morgan fingerprint density at radius 2 is 1.75 bits per heavy atom. The lowest BCUT2D eigenvalue weighted by molar-refractivity contribution is -0.113. The lowest BCUT2D eigenvalue weighted by Gasteiger charge is -2.20. The molecule has 6 nitrogen and oxygen atoms in total. The molecule has 1 atom stereocenters. The summed E-state index contributed by atoms with van der Waals surface area (Å²) < 4.78 is 8.13. The highest BCUT2D eigenvalue weighted by atomic mass is 32.2. The van der Waals surface area contributed by atoms with E-state index in [-0.39, 0.29) is 23.2 Å². The van der Waals surface area contributed by atoms with E-state index in [9.17, 15) is 4.79 Å². The molecule has 0 saturated heterocycles. The van der Waals surface area contributed by atoms with Gasteiger partial charge < -0.3 is 10.1 Å². The van der Waals surface area contributed by atoms with E-state index >= 15 is 0 Å². The van der Waals surface area contributed by atoms with Crippen LogP contribution in [0, 0.1) is 0 Å². The van der Waals surface area contributed by atoms with E-state index in [1.165, 1.54) is 17.3 Å². The number of hydrogen-bond donors (Lipinski definition) is 1. The summed E-state index contributed by atoms with van der Waals surface area (Å²) in [6.07, 6.45) is 3.21. The van der Waals surface area contributed by atoms with E-state index < -0.39 is 0 Å². The molecule has 7 heteroatoms. The zero-order valence-corrected chi connectivity index (χ0v) is 23.1. The number of amides is 1. The third-order valence-corrected chi connectivity index (χ3v) is 7.02. The van der Waals surface area contributed by atoms with Gasteiger partial charge in [0.05, 0.1) is 5.75 Å². The van der Waals surface area contributed by atoms with Gasteiger partial charge in [0.2, 0.25) is 5.91 Å². The SMILES string of the molecule is C=CCn1c(SCC(=O)Nc2c(CC)cccc2CC)nnc1C(C)Oc1ccc(C(C)(C)C)cc1. The predicted molar refractivity (Wildman–Crippen MR) is 149 cm³/mol. The number of aryl methyl sites for hydroxylation is 2. The zero-order valence-electron chi connectivity index (χ0n) is 22.3. The third kappa shape index (κ3) is 6.78. The molecule has 192 valence electrons. The number of benzene rings is 2. The van der Waals surface area contributed by atoms with E-state index in [0.717, 1.165) is 35.4 Å². The molecule has 2 aromatic carbocycles. The largest absolute Gasteiger partial charge is 0.483 e. The number of nitrogens with zero attached hydrogens (tertiary/aromatic N) is 3. The highest BCUT2D eigenvalue weighted by Gasteiger charge is 2.21. The molecule has 0 aliphatic heterocycles. The fourth-order valence-corrected chi connectivity index (χ4v) is 4.76. The van der Waals surface area contributed by atoms with E-state index in [0.29, 0.717) is 17.5 Å². The monoisotopic (exact) mass is 506 g/mol. The van der Waals surface area contributed by atoms with Crippen molar-refractivity contribution in [3.63, 3.8) is 0 Å². The number of carbonyl (C=O) groups excluding carboxylic acids is 1. The van der Waals surface area contributed by atoms with E-state index in [2.05, 4.69) is 81.0 Å². The molecule has 1 amide bonds. The molecule has 0 aliphatic rings. The Morgan fingerprint density at radius 3 is 2.31 bits per heavy atom. The number of anilines is 1. The molecule has 36 heavy (non-hydrogen) atoms. The molecule has 1 N–H and O–H groups in total. The van der Waals surface area contributed by atoms with E-state index in [4.69, 9.17) is 4.74 Å². The van der Waals surface area contributed by atoms with E-state index in [1.54, 1.807) is 6.08 Å². The van der Waals surface area contributed by atoms with Crippen molar-refractivity contribution < 1.29 is 9.53 Å². The molecule has 1 unspecified atom stereocenters. The molecule has 0 fully saturated rings. The lowest BCUT2D eigenvalue weighted by Crippen LogP contribution is -2.17. The van der Waals surface area contributed by atoms with Crippen LogP contribution in [0.4, 0.5) is 5.69 Å². The number of carbonyl (C=O) groups is 1. The van der Waals surface area contributed by atoms with Crippen LogP contribution in [0.1, 0.15) is 70.2 Å². The molecule has 1 aromatic heterocycles. The number of thioether (sulfide) groups is 1. The molecule has 0 aliphatic carbocycles. The van der Waals surface area contributed by atoms with Gasteiger partial charge in [-0.1, -0.05) is 82.8 Å². The van der Waals surface area contributed by atoms with Crippen molar-refractivity contribution >= 4 is 23.4 Å². The van der Waals surface area contributed by atoms with Gasteiger partial charge in [0.25, 0.3) is 0 Å². The first-order chi connectivity index (χ1) is 17.2. The first-order valence-corrected chi connectivity index (χ1v) is 13.5. The Morgan fingerprint density at radius 1 is 1.11 bits per heavy atom. The first kappa shape index (κ1) is 27.5. The van der Waals surface area contributed by atoms with Gasteiger partial charge in [-0.05, 0) is 54.0 Å². The summed E-state index contributed by atoms with van der Waals surface area (Å²) in [6, 6.07) is 14.3. The quantitative estimate of drug-likeness (QED) is 0.230. The minimum absolute atomic E-state index is 0.0615. The molecule has 0 radical (unpaired) electrons. The van der Waals surface area contributed by atoms with Crippen LogP contribution < -0.4 is 10.1 Å². The average molecular weight is 507 g/mol. The van der Waals surface area contributed by atoms with Gasteiger partial charge in [0.1, 0.15) is 5.75 Å². The minimum Gasteiger partial charge on any atom is -0.483 e. The maximum absolute atomic E-state index is 12.8. The van der Waals surface area contributed by atoms with Gasteiger partial charge in [0, 0.05) is 12.2 Å². The topological polar surface area (TPSA) is 69.0 Å². The highest BCUT2D eigenvalue weighted by molar-refractivity contribution is 7.99. The van der Waals surface area contributed by atoms with Crippen LogP contribution in [0.25, 0.3) is 0 Å². The Bertz CT molecular complexity index is 1160. The van der Waals surface area contributed by atoms with Crippen LogP contribution >= 0.6 is 11.8 Å². The van der Waals surface area contributed by atoms with Crippen molar-refractivity contribution in [2.24, 2.45) is 0 Å². The molecule has 0 saturated carbocycles. The normalized spacial score (nSPS) is 12.3. The summed E-state index contributed by atoms with van der Waals surface area (Å²) in [4.78, 5) is 12.8. The van der Waals surface area contributed by atoms with Crippen LogP contribution in [0.15, 0.2) is 60.3 Å². The summed E-state index contributed by atoms with van der Waals surface area (Å²) in [7, 11) is 0. The van der Waals surface area contributed by atoms with Crippen LogP contribution in [0.3, 0.4) is 0 Å². The summed E-state index contributed by atoms with van der Waals surface area (Å²) in [6.45, 7) is 17.1. The van der Waals surface area contributed by atoms with Gasteiger partial charge in [-0.25, -0.2) is 0 Å². The first-order valence-electron chi connectivity index (χ1n) is 12.5. The maximum atomic E-state index is 12.8. The third-order valence-electron chi connectivity index (χ3n) is 6.05. The van der Waals surface area contributed by atoms with Crippen molar-refractivity contribution in [3.05, 3.63) is 77.6 Å². The Labute approximate surface area is 219 Å². The van der Waals surface area contributed by atoms with Gasteiger partial charge >= 0.3 is 0 Å². The standard InChI is InChI=1S/C29H38N4O2S/c1-8-18-33-27(20(4)35-24-16-14-23(15-17-24)29(5,6)7)31-32-28(33)36-19-25(34)30-26-21(9-2)12-11-13-22(26)10-3/h8,11-17,20H,1,9-10,18-19H2,2-7H3,(H,30,34). The molecular formula is C29H38N4O2S. The lowest BCUT2D eigenvalue weighted by atomic mass is 9.87. The van der Waals surface area contributed by atoms with Crippen molar-refractivity contribution in [2.45, 2.75) is 77.6 Å². The van der Waals surface area contributed by atoms with Crippen molar-refractivity contribution in [2.75, 3.05) is 11.1 Å². The molecule has 3 rings (SSSR count). The Kier molecular flexibility index (Phi) is 9.37. The summed E-state index contributed by atoms with van der Waals surface area (Å²) in [5.41, 5.74) is 4.56. The van der Waals surface area contributed by atoms with Crippen LogP contribution in [-0.4, -0.2) is 26.4 Å². The second kappa shape index (κ2) is 12.3. The van der Waals surface area contributed by atoms with Crippen LogP contribution in [-0.2, 0) is 29.6 Å². The van der Waals surface area contributed by atoms with Crippen molar-refractivity contribution in [1.29, 1.82) is 0 Å². The maximum Gasteiger partial charge on any atom is 0.234 e. The average Bonchev–Trinajstić information content (AvgIpc) is 3.25. The fraction of sp³-hybridized carbons (Fsp3) is 0.414. The summed E-state index contributed by atoms with van der Waals surface area (Å²) >= 11 is 1.36. The number of nitrogens with one attached hydrogen (secondary N) is 1. The number of aromatic nitrogens is 3. The number of hydrogen-bond acceptors (Lipinski definition) is 5. The number of ether oxygens (including phenoxy) is 1. The molecular weight excluding hydrogens is 468 g/mol. The highest BCUT2D eigenvalue weighted by Crippen LogP contribution is 2.28. The van der Waals surface area contributed by atoms with E-state index in [1.807, 2.05) is 29.7 Å². The van der Waals surface area contributed by atoms with Gasteiger partial charge in [-0.3, -0.25) is 9.36 Å². The number of allylic oxidation sites excluding steroid dienone is 1. The Balaban J connectivity index is 1.70. The summed E-state index contributed by atoms with van der Waals surface area (Å²) in [5, 5.41) is 12.5. The predicted octanol–water partition coefficient (Wildman–Crippen LogP) is 6.76. The molecule has 0 spiro atoms. The van der Waals surface area contributed by atoms with Gasteiger partial charge in [-0.15, -0.1) is 16.8 Å². The van der Waals surface area contributed by atoms with Gasteiger partial charge in [0.15, 0.2) is 17.1 Å². The van der Waals surface area contributed by atoms with Crippen LogP contribution in [0.2, 0.25) is 0 Å². The minimum atomic E-state index is -0.315. The second-order valence-electron chi connectivity index (χ2n) is 9.77. The van der Waals surface area contributed by atoms with Crippen molar-refractivity contribution in [1.82, 2.24) is 14.8 Å². The molecule has 0 bridgehead atoms. The molecule has 3 aromatic rings. The second-order valence-corrected chi connectivity index (χ2v) is 10.7. The Hall–Kier alpha value is -3.06. The zero-order chi connectivity index (χ0) is 26.3. The number of para-hydroxylation sites is 1. The number of rotatable bonds is 11. The van der Waals surface area contributed by atoms with Crippen molar-refractivity contribution in [3.8, 4) is 5.75 Å². The molecule has 1 heterocycles. The summed E-state index contributed by atoms with van der Waals surface area (Å²) in [5.74, 6) is 1.65. The smallest absolute Gasteiger partial charge is 0.234 e. The fourth-order valence-electron chi connectivity index (χ4n) is 4.01. The van der Waals surface area contributed by atoms with Gasteiger partial charge in [-0.2, -0.15) is 0 Å². The van der Waals surface area contributed by atoms with Crippen LogP contribution in [0.5, 0.6) is 5.75 Å².